The summed E-state index contributed by atoms with van der Waals surface area (Å²) >= 11 is 0. The third-order valence-corrected chi connectivity index (χ3v) is 12.7. The van der Waals surface area contributed by atoms with Crippen LogP contribution in [0.15, 0.2) is 214 Å². The number of aromatic nitrogens is 1. The summed E-state index contributed by atoms with van der Waals surface area (Å²) in [5.41, 5.74) is 42.4. The Hall–Kier alpha value is -7.87. The molecule has 2 aliphatic heterocycles. The molecular formula is C64H77F6N10O4Ru. The molecule has 457 valence electrons. The number of likely N-dealkylation sites (N-methyl/N-ethyl adjacent to an activating group) is 1. The molecule has 3 aliphatic rings. The second-order valence-electron chi connectivity index (χ2n) is 21.1. The molecule has 1 aliphatic carbocycles. The van der Waals surface area contributed by atoms with Gasteiger partial charge in [0, 0.05) is 40.8 Å². The van der Waals surface area contributed by atoms with Crippen molar-refractivity contribution in [2.75, 3.05) is 11.9 Å². The molecule has 21 heteroatoms. The molecule has 5 rings (SSSR count). The quantitative estimate of drug-likeness (QED) is 0.0452. The Kier molecular flexibility index (Phi) is 28.4. The van der Waals surface area contributed by atoms with E-state index in [-0.39, 0.29) is 71.0 Å². The molecule has 1 aromatic heterocycles. The van der Waals surface area contributed by atoms with E-state index in [1.165, 1.54) is 29.9 Å². The molecule has 9 N–H and O–H groups in total. The first-order valence-electron chi connectivity index (χ1n) is 26.9. The van der Waals surface area contributed by atoms with E-state index in [1.807, 2.05) is 123 Å². The summed E-state index contributed by atoms with van der Waals surface area (Å²) in [4.78, 5) is 34.9. The van der Waals surface area contributed by atoms with Gasteiger partial charge in [-0.25, -0.2) is 9.59 Å². The van der Waals surface area contributed by atoms with Crippen molar-refractivity contribution in [3.63, 3.8) is 0 Å². The van der Waals surface area contributed by atoms with Crippen molar-refractivity contribution in [1.82, 2.24) is 15.2 Å². The van der Waals surface area contributed by atoms with Crippen molar-refractivity contribution < 1.29 is 65.6 Å². The van der Waals surface area contributed by atoms with Crippen LogP contribution in [0.2, 0.25) is 0 Å². The summed E-state index contributed by atoms with van der Waals surface area (Å²) in [7, 11) is 1.09. The molecule has 0 fully saturated rings. The number of nitrogens with zero attached hydrogens (tertiary/aromatic N) is 4. The molecule has 2 aromatic rings. The van der Waals surface area contributed by atoms with E-state index in [9.17, 15) is 41.0 Å². The molecule has 0 spiro atoms. The third kappa shape index (κ3) is 23.3. The normalized spacial score (nSPS) is 19.0. The summed E-state index contributed by atoms with van der Waals surface area (Å²) in [6.45, 7) is 22.4. The number of halogens is 6. The molecular weight excluding hydrogens is 1190 g/mol. The number of anilines is 1. The Morgan fingerprint density at radius 3 is 2.09 bits per heavy atom. The van der Waals surface area contributed by atoms with Gasteiger partial charge in [-0.3, -0.25) is 4.99 Å². The minimum Gasteiger partial charge on any atom is -0.702 e. The number of alkyl halides is 6. The van der Waals surface area contributed by atoms with Crippen molar-refractivity contribution in [2.45, 2.75) is 124 Å². The number of aliphatic carboxylic acids is 1. The molecule has 3 atom stereocenters. The molecule has 0 saturated carbocycles. The topological polar surface area (TPSA) is 241 Å². The second-order valence-corrected chi connectivity index (χ2v) is 21.1. The van der Waals surface area contributed by atoms with Crippen LogP contribution in [0, 0.1) is 5.41 Å². The van der Waals surface area contributed by atoms with Crippen LogP contribution < -0.4 is 20.9 Å². The Morgan fingerprint density at radius 2 is 1.56 bits per heavy atom. The minimum absolute atomic E-state index is 0. The molecule has 0 bridgehead atoms. The van der Waals surface area contributed by atoms with Gasteiger partial charge >= 0.3 is 43.8 Å². The van der Waals surface area contributed by atoms with Gasteiger partial charge in [0.15, 0.2) is 0 Å². The molecule has 1 radical (unpaired) electrons. The number of hydrogen-bond donors (Lipinski definition) is 4. The van der Waals surface area contributed by atoms with Crippen LogP contribution in [-0.4, -0.2) is 70.8 Å². The van der Waals surface area contributed by atoms with E-state index in [0.717, 1.165) is 47.5 Å². The fourth-order valence-electron chi connectivity index (χ4n) is 8.04. The zero-order valence-corrected chi connectivity index (χ0v) is 51.1. The number of rotatable bonds is 19. The average Bonchev–Trinajstić information content (AvgIpc) is 2.23. The first-order valence-corrected chi connectivity index (χ1v) is 26.9. The molecule has 85 heavy (non-hydrogen) atoms. The van der Waals surface area contributed by atoms with Crippen LogP contribution in [0.5, 0.6) is 0 Å². The summed E-state index contributed by atoms with van der Waals surface area (Å²) in [5.74, 6) is -2.37. The van der Waals surface area contributed by atoms with Crippen molar-refractivity contribution >= 4 is 29.5 Å². The van der Waals surface area contributed by atoms with Crippen LogP contribution in [0.3, 0.4) is 0 Å². The van der Waals surface area contributed by atoms with Gasteiger partial charge in [0.1, 0.15) is 12.1 Å². The molecule has 3 unspecified atom stereocenters. The van der Waals surface area contributed by atoms with E-state index >= 15 is 0 Å². The Balaban J connectivity index is 0.000000571. The van der Waals surface area contributed by atoms with Crippen LogP contribution in [0.25, 0.3) is 28.6 Å². The Labute approximate surface area is 509 Å². The zero-order valence-electron chi connectivity index (χ0n) is 49.4. The summed E-state index contributed by atoms with van der Waals surface area (Å²) in [6, 6.07) is 3.98. The van der Waals surface area contributed by atoms with E-state index < -0.39 is 53.5 Å². The number of carboxylic acids is 2. The monoisotopic (exact) mass is 1270 g/mol. The van der Waals surface area contributed by atoms with Gasteiger partial charge in [-0.15, -0.1) is 0 Å². The summed E-state index contributed by atoms with van der Waals surface area (Å²) in [5, 5.41) is 20.7. The number of carbonyl (C=O) groups is 2. The predicted octanol–water partition coefficient (Wildman–Crippen LogP) is 17.0. The van der Waals surface area contributed by atoms with E-state index in [0.29, 0.717) is 37.1 Å². The fourth-order valence-corrected chi connectivity index (χ4v) is 8.04. The van der Waals surface area contributed by atoms with E-state index in [2.05, 4.69) is 63.4 Å². The van der Waals surface area contributed by atoms with Crippen molar-refractivity contribution in [2.24, 2.45) is 16.1 Å². The second kappa shape index (κ2) is 33.0. The third-order valence-electron chi connectivity index (χ3n) is 12.7. The number of aliphatic imine (C=N–C) groups is 1. The van der Waals surface area contributed by atoms with Gasteiger partial charge in [-0.2, -0.15) is 61.0 Å². The summed E-state index contributed by atoms with van der Waals surface area (Å²) < 4.78 is 79.4. The molecule has 0 amide bonds. The number of nitrogens with one attached hydrogen (secondary N) is 5. The SMILES string of the molecule is C=C1/C=C\C=C/N(C2=CC(C/C=C(\C=C(/[NH-])c3cc(C(=O)O)c[n-]3)C(=O)O)N=C2)C(/C=C\C=C/C)=C\1.CC.CNC(/C=C([NH-])/C([NH-])=C/C(=C\C/C([NH-])=C/C(N)C(F)(F)F)N(C1=CC=C(C(C)(C)C)CC1)c1ccc(C(C)(C)C)cc1)C(F)(F)F.[Ru+5]. The summed E-state index contributed by atoms with van der Waals surface area (Å²) in [6.07, 6.45) is 24.3. The van der Waals surface area contributed by atoms with Crippen molar-refractivity contribution in [1.29, 1.82) is 0 Å². The first kappa shape index (κ1) is 73.2. The molecule has 1 aromatic carbocycles. The molecule has 0 saturated heterocycles. The van der Waals surface area contributed by atoms with Gasteiger partial charge in [0.25, 0.3) is 0 Å². The largest absolute Gasteiger partial charge is 5.00 e. The van der Waals surface area contributed by atoms with Gasteiger partial charge < -0.3 is 59.0 Å². The van der Waals surface area contributed by atoms with Gasteiger partial charge in [-0.05, 0) is 104 Å². The van der Waals surface area contributed by atoms with E-state index in [4.69, 9.17) is 33.8 Å². The average molecular weight is 1270 g/mol. The van der Waals surface area contributed by atoms with E-state index in [1.54, 1.807) is 11.1 Å². The number of allylic oxidation sites excluding steroid dienone is 16. The number of hydrogen-bond acceptors (Lipinski definition) is 7. The number of nitrogens with two attached hydrogens (primary N) is 1. The van der Waals surface area contributed by atoms with Crippen LogP contribution in [-0.2, 0) is 29.7 Å². The molecule has 3 heterocycles. The maximum absolute atomic E-state index is 13.4. The van der Waals surface area contributed by atoms with Gasteiger partial charge in [0.05, 0.1) is 17.3 Å². The standard InChI is InChI=1S/C34H45F6N6.C28H26N4O4.C2H6.Ru/c1-31(2,3)21-8-13-24(14-9-21)46(25-15-10-22(11-16-25)32(4,5)6)26(17-12-23(41)18-29(44)33(35,36)37)19-27(42)28(43)20-30(45-7)34(38,39)40;1-3-4-5-9-23-13-19(2)8-6-7-12-32(23)24-16-22(30-18-24)11-10-20(27(33)34)14-25(29)26-15-21(17-31-26)28(35)36;1-2;/h8-10,13-15,17-20,29-30,41-43,45H,11-12,16,44H2,1-7H3;3-10,12-18,22,29H,2,11H2,1H3,(H,33,34)(H,35,36);1-2H3;/q-3;-2;;+5/b23-18-,26-17+,27-19-,28-20-;4-3-,8-6-,9-5-,12-7-,20-10+,23-13-,25-14-;;. The van der Waals surface area contributed by atoms with Crippen LogP contribution in [0.1, 0.15) is 110 Å². The molecule has 14 nitrogen and oxygen atoms in total. The number of benzene rings is 1. The number of aromatic carboxylic acids is 1. The smallest absolute Gasteiger partial charge is 0.702 e. The van der Waals surface area contributed by atoms with Gasteiger partial charge in [0.2, 0.25) is 0 Å². The zero-order chi connectivity index (χ0) is 63.3. The maximum atomic E-state index is 13.4. The first-order chi connectivity index (χ1) is 39.2. The maximum Gasteiger partial charge on any atom is 5.00 e. The van der Waals surface area contributed by atoms with Gasteiger partial charge in [-0.1, -0.05) is 159 Å². The Bertz CT molecular complexity index is 3130. The Morgan fingerprint density at radius 1 is 0.906 bits per heavy atom. The fraction of sp³-hybridized carbons (Fsp3) is 0.328. The van der Waals surface area contributed by atoms with Crippen LogP contribution >= 0.6 is 0 Å². The van der Waals surface area contributed by atoms with Crippen molar-refractivity contribution in [3.8, 4) is 0 Å². The number of carboxylic acid groups (broad SMARTS) is 2. The predicted molar refractivity (Wildman–Crippen MR) is 328 cm³/mol. The van der Waals surface area contributed by atoms with Crippen molar-refractivity contribution in [3.05, 3.63) is 249 Å². The minimum atomic E-state index is -4.74. The van der Waals surface area contributed by atoms with Crippen LogP contribution in [0.4, 0.5) is 32.0 Å².